The summed E-state index contributed by atoms with van der Waals surface area (Å²) < 4.78 is 7.07. The summed E-state index contributed by atoms with van der Waals surface area (Å²) in [6.45, 7) is 9.91. The maximum Gasteiger partial charge on any atom is 0.123 e. The van der Waals surface area contributed by atoms with Crippen molar-refractivity contribution in [1.82, 2.24) is 5.32 Å². The fourth-order valence-corrected chi connectivity index (χ4v) is 2.43. The Bertz CT molecular complexity index is 425. The molecule has 0 fully saturated rings. The van der Waals surface area contributed by atoms with Crippen LogP contribution in [0.5, 0.6) is 5.75 Å². The third-order valence-electron chi connectivity index (χ3n) is 3.71. The molecule has 2 unspecified atom stereocenters. The van der Waals surface area contributed by atoms with E-state index in [4.69, 9.17) is 4.74 Å². The highest BCUT2D eigenvalue weighted by atomic mass is 79.9. The number of fused-ring (bicyclic) bond motifs is 1. The predicted octanol–water partition coefficient (Wildman–Crippen LogP) is 3.78. The number of ether oxygens (including phenoxy) is 1. The van der Waals surface area contributed by atoms with Crippen LogP contribution in [0.3, 0.4) is 0 Å². The van der Waals surface area contributed by atoms with Crippen LogP contribution in [0, 0.1) is 5.41 Å². The highest BCUT2D eigenvalue weighted by Gasteiger charge is 2.25. The average Bonchev–Trinajstić information content (AvgIpc) is 2.66. The number of benzene rings is 1. The number of hydrogen-bond donors (Lipinski definition) is 1. The van der Waals surface area contributed by atoms with Crippen molar-refractivity contribution in [1.29, 1.82) is 0 Å². The Morgan fingerprint density at radius 3 is 2.83 bits per heavy atom. The molecule has 0 spiro atoms. The SMILES string of the molecule is CC(NCC1Cc2cc(Br)ccc2O1)C(C)(C)C. The first kappa shape index (κ1) is 13.9. The van der Waals surface area contributed by atoms with Crippen LogP contribution in [0.1, 0.15) is 33.3 Å². The maximum atomic E-state index is 5.94. The van der Waals surface area contributed by atoms with Gasteiger partial charge in [-0.25, -0.2) is 0 Å². The largest absolute Gasteiger partial charge is 0.488 e. The van der Waals surface area contributed by atoms with Gasteiger partial charge in [0, 0.05) is 23.5 Å². The summed E-state index contributed by atoms with van der Waals surface area (Å²) in [7, 11) is 0. The molecule has 18 heavy (non-hydrogen) atoms. The van der Waals surface area contributed by atoms with Crippen molar-refractivity contribution in [2.45, 2.75) is 46.3 Å². The van der Waals surface area contributed by atoms with E-state index in [1.54, 1.807) is 0 Å². The molecule has 1 aromatic carbocycles. The second-order valence-electron chi connectivity index (χ2n) is 6.19. The highest BCUT2D eigenvalue weighted by Crippen LogP contribution is 2.31. The van der Waals surface area contributed by atoms with Gasteiger partial charge >= 0.3 is 0 Å². The Morgan fingerprint density at radius 1 is 1.44 bits per heavy atom. The van der Waals surface area contributed by atoms with Crippen LogP contribution in [-0.2, 0) is 6.42 Å². The monoisotopic (exact) mass is 311 g/mol. The molecule has 1 N–H and O–H groups in total. The van der Waals surface area contributed by atoms with E-state index >= 15 is 0 Å². The van der Waals surface area contributed by atoms with Gasteiger partial charge in [-0.3, -0.25) is 0 Å². The summed E-state index contributed by atoms with van der Waals surface area (Å²) in [4.78, 5) is 0. The molecule has 100 valence electrons. The first-order valence-corrected chi connectivity index (χ1v) is 7.34. The van der Waals surface area contributed by atoms with E-state index < -0.39 is 0 Å². The lowest BCUT2D eigenvalue weighted by molar-refractivity contribution is 0.200. The lowest BCUT2D eigenvalue weighted by Gasteiger charge is -2.29. The summed E-state index contributed by atoms with van der Waals surface area (Å²) in [6.07, 6.45) is 1.26. The molecule has 2 atom stereocenters. The summed E-state index contributed by atoms with van der Waals surface area (Å²) in [5.74, 6) is 1.04. The minimum Gasteiger partial charge on any atom is -0.488 e. The fraction of sp³-hybridized carbons (Fsp3) is 0.600. The quantitative estimate of drug-likeness (QED) is 0.917. The van der Waals surface area contributed by atoms with Crippen LogP contribution in [-0.4, -0.2) is 18.7 Å². The predicted molar refractivity (Wildman–Crippen MR) is 79.2 cm³/mol. The molecule has 1 aliphatic rings. The third kappa shape index (κ3) is 3.27. The molecular formula is C15H22BrNO. The van der Waals surface area contributed by atoms with Crippen molar-refractivity contribution in [3.05, 3.63) is 28.2 Å². The molecule has 3 heteroatoms. The van der Waals surface area contributed by atoms with E-state index in [-0.39, 0.29) is 11.5 Å². The number of nitrogens with one attached hydrogen (secondary N) is 1. The molecule has 0 saturated heterocycles. The second-order valence-corrected chi connectivity index (χ2v) is 7.11. The lowest BCUT2D eigenvalue weighted by atomic mass is 9.88. The summed E-state index contributed by atoms with van der Waals surface area (Å²) in [6, 6.07) is 6.72. The Morgan fingerprint density at radius 2 is 2.17 bits per heavy atom. The number of rotatable bonds is 3. The van der Waals surface area contributed by atoms with Gasteiger partial charge in [0.2, 0.25) is 0 Å². The van der Waals surface area contributed by atoms with Gasteiger partial charge in [-0.05, 0) is 36.1 Å². The van der Waals surface area contributed by atoms with Crippen LogP contribution in [0.2, 0.25) is 0 Å². The Hall–Kier alpha value is -0.540. The molecule has 1 aliphatic heterocycles. The van der Waals surface area contributed by atoms with Gasteiger partial charge in [0.1, 0.15) is 11.9 Å². The molecule has 0 saturated carbocycles. The normalized spacial score (nSPS) is 20.4. The van der Waals surface area contributed by atoms with Crippen LogP contribution >= 0.6 is 15.9 Å². The van der Waals surface area contributed by atoms with Gasteiger partial charge in [-0.1, -0.05) is 36.7 Å². The van der Waals surface area contributed by atoms with Gasteiger partial charge in [-0.15, -0.1) is 0 Å². The van der Waals surface area contributed by atoms with Crippen molar-refractivity contribution < 1.29 is 4.74 Å². The standard InChI is InChI=1S/C15H22BrNO/c1-10(15(2,3)4)17-9-13-8-11-7-12(16)5-6-14(11)18-13/h5-7,10,13,17H,8-9H2,1-4H3. The number of hydrogen-bond acceptors (Lipinski definition) is 2. The summed E-state index contributed by atoms with van der Waals surface area (Å²) in [5.41, 5.74) is 1.59. The summed E-state index contributed by atoms with van der Waals surface area (Å²) in [5, 5.41) is 3.58. The van der Waals surface area contributed by atoms with Crippen molar-refractivity contribution in [2.75, 3.05) is 6.54 Å². The minimum absolute atomic E-state index is 0.263. The molecule has 2 nitrogen and oxygen atoms in total. The van der Waals surface area contributed by atoms with Gasteiger partial charge in [0.05, 0.1) is 0 Å². The molecule has 0 radical (unpaired) electrons. The minimum atomic E-state index is 0.263. The van der Waals surface area contributed by atoms with E-state index in [1.807, 2.05) is 12.1 Å². The van der Waals surface area contributed by atoms with Crippen molar-refractivity contribution in [3.63, 3.8) is 0 Å². The Labute approximate surface area is 118 Å². The van der Waals surface area contributed by atoms with Gasteiger partial charge < -0.3 is 10.1 Å². The first-order chi connectivity index (χ1) is 8.36. The van der Waals surface area contributed by atoms with E-state index in [9.17, 15) is 0 Å². The summed E-state index contributed by atoms with van der Waals surface area (Å²) >= 11 is 3.50. The first-order valence-electron chi connectivity index (χ1n) is 6.55. The van der Waals surface area contributed by atoms with Crippen molar-refractivity contribution in [3.8, 4) is 5.75 Å². The van der Waals surface area contributed by atoms with E-state index in [0.29, 0.717) is 6.04 Å². The molecule has 2 rings (SSSR count). The smallest absolute Gasteiger partial charge is 0.123 e. The molecular weight excluding hydrogens is 290 g/mol. The Balaban J connectivity index is 1.89. The zero-order chi connectivity index (χ0) is 13.3. The van der Waals surface area contributed by atoms with Crippen LogP contribution in [0.15, 0.2) is 22.7 Å². The second kappa shape index (κ2) is 5.22. The van der Waals surface area contributed by atoms with Gasteiger partial charge in [0.15, 0.2) is 0 Å². The zero-order valence-corrected chi connectivity index (χ0v) is 13.2. The number of halogens is 1. The molecule has 0 aliphatic carbocycles. The molecule has 1 heterocycles. The molecule has 0 aromatic heterocycles. The Kier molecular flexibility index (Phi) is 4.02. The zero-order valence-electron chi connectivity index (χ0n) is 11.6. The maximum absolute atomic E-state index is 5.94. The third-order valence-corrected chi connectivity index (χ3v) is 4.21. The molecule has 0 bridgehead atoms. The van der Waals surface area contributed by atoms with Crippen LogP contribution in [0.4, 0.5) is 0 Å². The van der Waals surface area contributed by atoms with Crippen LogP contribution < -0.4 is 10.1 Å². The fourth-order valence-electron chi connectivity index (χ4n) is 2.02. The van der Waals surface area contributed by atoms with E-state index in [1.165, 1.54) is 5.56 Å². The van der Waals surface area contributed by atoms with Crippen molar-refractivity contribution in [2.24, 2.45) is 5.41 Å². The van der Waals surface area contributed by atoms with E-state index in [0.717, 1.165) is 23.2 Å². The highest BCUT2D eigenvalue weighted by molar-refractivity contribution is 9.10. The van der Waals surface area contributed by atoms with Gasteiger partial charge in [-0.2, -0.15) is 0 Å². The topological polar surface area (TPSA) is 21.3 Å². The molecule has 0 amide bonds. The molecule has 1 aromatic rings. The van der Waals surface area contributed by atoms with Crippen molar-refractivity contribution >= 4 is 15.9 Å². The van der Waals surface area contributed by atoms with Gasteiger partial charge in [0.25, 0.3) is 0 Å². The van der Waals surface area contributed by atoms with E-state index in [2.05, 4.69) is 55.0 Å². The lowest BCUT2D eigenvalue weighted by Crippen LogP contribution is -2.42. The van der Waals surface area contributed by atoms with Crippen LogP contribution in [0.25, 0.3) is 0 Å². The average molecular weight is 312 g/mol.